The molecule has 3 aliphatic rings. The van der Waals surface area contributed by atoms with E-state index in [1.54, 1.807) is 31.9 Å². The third-order valence-electron chi connectivity index (χ3n) is 9.04. The highest BCUT2D eigenvalue weighted by atomic mass is 32.2. The summed E-state index contributed by atoms with van der Waals surface area (Å²) in [6, 6.07) is 8.62. The smallest absolute Gasteiger partial charge is 0.255 e. The monoisotopic (exact) mass is 650 g/mol. The van der Waals surface area contributed by atoms with Crippen molar-refractivity contribution in [2.24, 2.45) is 17.6 Å². The van der Waals surface area contributed by atoms with E-state index in [9.17, 15) is 34.8 Å². The zero-order chi connectivity index (χ0) is 34.0. The quantitative estimate of drug-likeness (QED) is 0.147. The molecule has 0 bridgehead atoms. The normalized spacial score (nSPS) is 24.5. The van der Waals surface area contributed by atoms with E-state index >= 15 is 0 Å². The summed E-state index contributed by atoms with van der Waals surface area (Å²) < 4.78 is -0.0215. The second-order valence-electron chi connectivity index (χ2n) is 13.7. The molecule has 0 heterocycles. The Kier molecular flexibility index (Phi) is 8.46. The highest BCUT2D eigenvalue weighted by molar-refractivity contribution is 8.00. The number of phenolic OH excluding ortho intramolecular Hbond substituents is 1. The number of ketones is 2. The topological polar surface area (TPSA) is 177 Å². The van der Waals surface area contributed by atoms with E-state index in [0.717, 1.165) is 10.5 Å². The number of anilines is 2. The summed E-state index contributed by atoms with van der Waals surface area (Å²) in [6.45, 7) is 6.76. The Morgan fingerprint density at radius 3 is 2.35 bits per heavy atom. The van der Waals surface area contributed by atoms with Crippen LogP contribution < -0.4 is 16.0 Å². The van der Waals surface area contributed by atoms with E-state index in [1.807, 2.05) is 43.3 Å². The van der Waals surface area contributed by atoms with Crippen LogP contribution in [0.1, 0.15) is 43.9 Å². The number of benzene rings is 2. The zero-order valence-corrected chi connectivity index (χ0v) is 28.0. The molecule has 46 heavy (non-hydrogen) atoms. The Morgan fingerprint density at radius 2 is 1.76 bits per heavy atom. The van der Waals surface area contributed by atoms with Crippen LogP contribution in [0.4, 0.5) is 11.4 Å². The number of primary amides is 1. The molecule has 3 aliphatic carbocycles. The SMILES string of the molecule is CN(C)c1cc(NCc2ccccc2SC(C)(C)C)c(O)c2c1CC1CC3C(N(C)C)C(=O)C(C(N)=O)=C(O)C3(O)C(=O)C1=C2O. The fourth-order valence-electron chi connectivity index (χ4n) is 7.10. The fourth-order valence-corrected chi connectivity index (χ4v) is 8.17. The Morgan fingerprint density at radius 1 is 1.11 bits per heavy atom. The van der Waals surface area contributed by atoms with Crippen molar-refractivity contribution in [1.29, 1.82) is 0 Å². The molecule has 4 unspecified atom stereocenters. The van der Waals surface area contributed by atoms with Crippen LogP contribution in [0.2, 0.25) is 0 Å². The van der Waals surface area contributed by atoms with Gasteiger partial charge in [-0.2, -0.15) is 0 Å². The van der Waals surface area contributed by atoms with Gasteiger partial charge in [-0.05, 0) is 56.1 Å². The summed E-state index contributed by atoms with van der Waals surface area (Å²) in [6.07, 6.45) is 0.239. The summed E-state index contributed by atoms with van der Waals surface area (Å²) in [4.78, 5) is 44.2. The Hall–Kier alpha value is -4.00. The lowest BCUT2D eigenvalue weighted by molar-refractivity contribution is -0.153. The van der Waals surface area contributed by atoms with Crippen LogP contribution in [0.15, 0.2) is 52.1 Å². The summed E-state index contributed by atoms with van der Waals surface area (Å²) in [7, 11) is 6.82. The molecular weight excluding hydrogens is 608 g/mol. The van der Waals surface area contributed by atoms with Crippen LogP contribution in [-0.2, 0) is 27.3 Å². The van der Waals surface area contributed by atoms with Crippen LogP contribution >= 0.6 is 11.8 Å². The van der Waals surface area contributed by atoms with Gasteiger partial charge >= 0.3 is 0 Å². The van der Waals surface area contributed by atoms with Crippen LogP contribution in [0.25, 0.3) is 5.76 Å². The van der Waals surface area contributed by atoms with Crippen molar-refractivity contribution in [3.05, 3.63) is 63.9 Å². The maximum atomic E-state index is 14.2. The number of aliphatic hydroxyl groups is 3. The highest BCUT2D eigenvalue weighted by Crippen LogP contribution is 2.54. The number of aliphatic hydroxyl groups excluding tert-OH is 2. The summed E-state index contributed by atoms with van der Waals surface area (Å²) in [5.74, 6) is -6.77. The molecular formula is C34H42N4O7S. The molecule has 11 nitrogen and oxygen atoms in total. The van der Waals surface area contributed by atoms with Crippen LogP contribution in [0, 0.1) is 11.8 Å². The molecule has 1 fully saturated rings. The van der Waals surface area contributed by atoms with E-state index < -0.39 is 58.0 Å². The Labute approximate surface area is 272 Å². The van der Waals surface area contributed by atoms with Gasteiger partial charge in [0.25, 0.3) is 5.91 Å². The first kappa shape index (κ1) is 33.4. The lowest BCUT2D eigenvalue weighted by Crippen LogP contribution is -2.65. The molecule has 12 heteroatoms. The largest absolute Gasteiger partial charge is 0.508 e. The first-order valence-electron chi connectivity index (χ1n) is 15.1. The molecule has 0 aromatic heterocycles. The van der Waals surface area contributed by atoms with Crippen molar-refractivity contribution in [1.82, 2.24) is 4.90 Å². The molecule has 2 aromatic rings. The fraction of sp³-hybridized carbons (Fsp3) is 0.441. The molecule has 0 aliphatic heterocycles. The van der Waals surface area contributed by atoms with Crippen LogP contribution in [-0.4, -0.2) is 87.4 Å². The Bertz CT molecular complexity index is 1710. The Balaban J connectivity index is 1.63. The summed E-state index contributed by atoms with van der Waals surface area (Å²) >= 11 is 1.73. The van der Waals surface area contributed by atoms with Gasteiger partial charge < -0.3 is 36.4 Å². The number of thioether (sulfide) groups is 1. The second-order valence-corrected chi connectivity index (χ2v) is 15.5. The number of hydrogen-bond acceptors (Lipinski definition) is 11. The minimum absolute atomic E-state index is 0.0215. The van der Waals surface area contributed by atoms with Gasteiger partial charge in [-0.3, -0.25) is 19.3 Å². The number of amides is 1. The zero-order valence-electron chi connectivity index (χ0n) is 27.1. The van der Waals surface area contributed by atoms with Gasteiger partial charge in [0.05, 0.1) is 17.3 Å². The number of nitrogens with two attached hydrogens (primary N) is 1. The van der Waals surface area contributed by atoms with Crippen molar-refractivity contribution in [3.8, 4) is 5.75 Å². The number of nitrogens with zero attached hydrogens (tertiary/aromatic N) is 2. The molecule has 2 aromatic carbocycles. The number of carbonyl (C=O) groups excluding carboxylic acids is 3. The number of fused-ring (bicyclic) bond motifs is 3. The number of hydrogen-bond donors (Lipinski definition) is 6. The molecule has 0 spiro atoms. The predicted molar refractivity (Wildman–Crippen MR) is 178 cm³/mol. The van der Waals surface area contributed by atoms with Crippen molar-refractivity contribution in [2.75, 3.05) is 38.4 Å². The van der Waals surface area contributed by atoms with Gasteiger partial charge in [-0.1, -0.05) is 39.0 Å². The molecule has 7 N–H and O–H groups in total. The predicted octanol–water partition coefficient (Wildman–Crippen LogP) is 3.53. The number of carbonyl (C=O) groups is 3. The van der Waals surface area contributed by atoms with Gasteiger partial charge in [-0.25, -0.2) is 0 Å². The standard InChI is InChI=1S/C34H42N4O7S/c1-33(2,3)46-22-11-9-8-10-16(22)15-36-20-14-21(37(4)5)18-12-17-13-19-26(38(6)7)29(41)25(32(35)44)31(43)34(19,45)30(42)23(17)28(40)24(18)27(20)39/h8-11,14,17,19,26,36,39-40,43,45H,12-13,15H2,1-7H3,(H2,35,44). The molecule has 4 atom stereocenters. The van der Waals surface area contributed by atoms with Gasteiger partial charge in [-0.15, -0.1) is 11.8 Å². The van der Waals surface area contributed by atoms with Gasteiger partial charge in [0.2, 0.25) is 5.78 Å². The highest BCUT2D eigenvalue weighted by Gasteiger charge is 2.64. The lowest BCUT2D eigenvalue weighted by atomic mass is 9.57. The molecule has 1 saturated carbocycles. The molecule has 0 saturated heterocycles. The maximum Gasteiger partial charge on any atom is 0.255 e. The number of aromatic hydroxyl groups is 1. The lowest BCUT2D eigenvalue weighted by Gasteiger charge is -2.50. The number of likely N-dealkylation sites (N-methyl/N-ethyl adjacent to an activating group) is 1. The average Bonchev–Trinajstić information content (AvgIpc) is 2.94. The first-order chi connectivity index (χ1) is 21.4. The van der Waals surface area contributed by atoms with Gasteiger partial charge in [0, 0.05) is 47.5 Å². The number of Topliss-reactive ketones (excluding diaryl/α,β-unsaturated/α-hetero) is 2. The van der Waals surface area contributed by atoms with E-state index in [1.165, 1.54) is 4.90 Å². The number of phenols is 1. The molecule has 246 valence electrons. The molecule has 1 amide bonds. The van der Waals surface area contributed by atoms with Gasteiger partial charge in [0.1, 0.15) is 22.8 Å². The van der Waals surface area contributed by atoms with Crippen molar-refractivity contribution in [3.63, 3.8) is 0 Å². The van der Waals surface area contributed by atoms with Crippen LogP contribution in [0.5, 0.6) is 5.75 Å². The van der Waals surface area contributed by atoms with Crippen molar-refractivity contribution in [2.45, 2.75) is 61.4 Å². The molecule has 0 radical (unpaired) electrons. The van der Waals surface area contributed by atoms with E-state index in [2.05, 4.69) is 26.1 Å². The third-order valence-corrected chi connectivity index (χ3v) is 10.3. The number of nitrogens with one attached hydrogen (secondary N) is 1. The first-order valence-corrected chi connectivity index (χ1v) is 15.9. The summed E-state index contributed by atoms with van der Waals surface area (Å²) in [5.41, 5.74) is 4.41. The third kappa shape index (κ3) is 5.31. The molecule has 5 rings (SSSR count). The van der Waals surface area contributed by atoms with Crippen molar-refractivity contribution < 1.29 is 34.8 Å². The summed E-state index contributed by atoms with van der Waals surface area (Å²) in [5, 5.41) is 49.7. The van der Waals surface area contributed by atoms with Gasteiger partial charge in [0.15, 0.2) is 11.4 Å². The maximum absolute atomic E-state index is 14.2. The second kappa shape index (κ2) is 11.7. The minimum Gasteiger partial charge on any atom is -0.508 e. The van der Waals surface area contributed by atoms with E-state index in [-0.39, 0.29) is 34.5 Å². The van der Waals surface area contributed by atoms with Crippen molar-refractivity contribution >= 4 is 46.4 Å². The number of rotatable bonds is 7. The van der Waals surface area contributed by atoms with E-state index in [4.69, 9.17) is 5.73 Å². The van der Waals surface area contributed by atoms with E-state index in [0.29, 0.717) is 23.5 Å². The van der Waals surface area contributed by atoms with Crippen LogP contribution in [0.3, 0.4) is 0 Å². The average molecular weight is 651 g/mol. The minimum atomic E-state index is -2.69.